The van der Waals surface area contributed by atoms with Gasteiger partial charge >= 0.3 is 5.97 Å². The fraction of sp³-hybridized carbons (Fsp3) is 0.308. The number of carbonyl (C=O) groups is 3. The number of ketones is 1. The number of amides is 1. The van der Waals surface area contributed by atoms with Gasteiger partial charge < -0.3 is 10.0 Å². The van der Waals surface area contributed by atoms with Crippen molar-refractivity contribution >= 4 is 29.3 Å². The number of carboxylic acid groups (broad SMARTS) is 1. The number of carbonyl (C=O) groups excluding carboxylic acids is 2. The van der Waals surface area contributed by atoms with Crippen LogP contribution in [0.25, 0.3) is 0 Å². The normalized spacial score (nSPS) is 10.0. The average molecular weight is 284 g/mol. The maximum Gasteiger partial charge on any atom is 0.323 e. The largest absolute Gasteiger partial charge is 0.480 e. The van der Waals surface area contributed by atoms with Crippen LogP contribution in [0.5, 0.6) is 0 Å². The highest BCUT2D eigenvalue weighted by atomic mass is 35.5. The third kappa shape index (κ3) is 5.09. The smallest absolute Gasteiger partial charge is 0.323 e. The maximum absolute atomic E-state index is 11.8. The molecular weight excluding hydrogens is 270 g/mol. The van der Waals surface area contributed by atoms with Gasteiger partial charge in [-0.3, -0.25) is 14.4 Å². The molecule has 102 valence electrons. The van der Waals surface area contributed by atoms with Crippen molar-refractivity contribution in [2.75, 3.05) is 13.6 Å². The number of benzene rings is 1. The molecule has 1 N–H and O–H groups in total. The monoisotopic (exact) mass is 283 g/mol. The molecule has 0 saturated heterocycles. The zero-order chi connectivity index (χ0) is 14.4. The molecule has 0 spiro atoms. The fourth-order valence-corrected chi connectivity index (χ4v) is 1.61. The molecule has 0 radical (unpaired) electrons. The second-order valence-electron chi connectivity index (χ2n) is 4.07. The van der Waals surface area contributed by atoms with Crippen LogP contribution in [0.3, 0.4) is 0 Å². The topological polar surface area (TPSA) is 74.7 Å². The molecule has 1 aromatic rings. The molecule has 1 rings (SSSR count). The highest BCUT2D eigenvalue weighted by Crippen LogP contribution is 2.12. The minimum absolute atomic E-state index is 0.00869. The highest BCUT2D eigenvalue weighted by Gasteiger charge is 2.14. The third-order valence-electron chi connectivity index (χ3n) is 2.53. The maximum atomic E-state index is 11.8. The van der Waals surface area contributed by atoms with Crippen molar-refractivity contribution in [3.05, 3.63) is 34.9 Å². The first kappa shape index (κ1) is 15.2. The summed E-state index contributed by atoms with van der Waals surface area (Å²) in [5.74, 6) is -1.63. The Morgan fingerprint density at radius 2 is 1.74 bits per heavy atom. The summed E-state index contributed by atoms with van der Waals surface area (Å²) in [5, 5.41) is 9.08. The van der Waals surface area contributed by atoms with Crippen molar-refractivity contribution in [1.29, 1.82) is 0 Å². The van der Waals surface area contributed by atoms with Crippen molar-refractivity contribution in [1.82, 2.24) is 4.90 Å². The molecule has 0 bridgehead atoms. The molecule has 0 aliphatic carbocycles. The van der Waals surface area contributed by atoms with Gasteiger partial charge in [0.05, 0.1) is 0 Å². The highest BCUT2D eigenvalue weighted by molar-refractivity contribution is 6.30. The molecule has 1 aromatic carbocycles. The van der Waals surface area contributed by atoms with Gasteiger partial charge in [-0.05, 0) is 24.3 Å². The second kappa shape index (κ2) is 6.89. The van der Waals surface area contributed by atoms with Gasteiger partial charge in [0, 0.05) is 30.5 Å². The van der Waals surface area contributed by atoms with Crippen molar-refractivity contribution in [3.63, 3.8) is 0 Å². The second-order valence-corrected chi connectivity index (χ2v) is 4.51. The van der Waals surface area contributed by atoms with Crippen LogP contribution in [0.4, 0.5) is 0 Å². The number of halogens is 1. The molecule has 0 unspecified atom stereocenters. The third-order valence-corrected chi connectivity index (χ3v) is 2.78. The van der Waals surface area contributed by atoms with E-state index in [1.165, 1.54) is 7.05 Å². The minimum atomic E-state index is -1.08. The van der Waals surface area contributed by atoms with Gasteiger partial charge in [0.15, 0.2) is 5.78 Å². The average Bonchev–Trinajstić information content (AvgIpc) is 2.35. The van der Waals surface area contributed by atoms with Gasteiger partial charge in [0.1, 0.15) is 6.54 Å². The minimum Gasteiger partial charge on any atom is -0.480 e. The lowest BCUT2D eigenvalue weighted by atomic mass is 10.1. The summed E-state index contributed by atoms with van der Waals surface area (Å²) in [6.07, 6.45) is 0.0374. The van der Waals surface area contributed by atoms with Crippen LogP contribution < -0.4 is 0 Å². The van der Waals surface area contributed by atoms with Gasteiger partial charge in [0.2, 0.25) is 5.91 Å². The molecule has 0 aliphatic rings. The van der Waals surface area contributed by atoms with E-state index in [-0.39, 0.29) is 31.1 Å². The van der Waals surface area contributed by atoms with E-state index in [0.717, 1.165) is 4.90 Å². The first-order chi connectivity index (χ1) is 8.90. The Bertz CT molecular complexity index is 484. The van der Waals surface area contributed by atoms with E-state index < -0.39 is 5.97 Å². The molecule has 19 heavy (non-hydrogen) atoms. The number of likely N-dealkylation sites (N-methyl/N-ethyl adjacent to an activating group) is 1. The summed E-state index contributed by atoms with van der Waals surface area (Å²) >= 11 is 5.71. The summed E-state index contributed by atoms with van der Waals surface area (Å²) < 4.78 is 0. The Morgan fingerprint density at radius 1 is 1.16 bits per heavy atom. The zero-order valence-corrected chi connectivity index (χ0v) is 11.2. The number of hydrogen-bond acceptors (Lipinski definition) is 3. The van der Waals surface area contributed by atoms with Crippen LogP contribution in [-0.2, 0) is 9.59 Å². The molecule has 0 aliphatic heterocycles. The summed E-state index contributed by atoms with van der Waals surface area (Å²) in [7, 11) is 1.39. The van der Waals surface area contributed by atoms with E-state index in [4.69, 9.17) is 16.7 Å². The molecule has 1 amide bonds. The molecule has 0 fully saturated rings. The van der Waals surface area contributed by atoms with Crippen LogP contribution in [0.2, 0.25) is 5.02 Å². The molecule has 0 aromatic heterocycles. The summed E-state index contributed by atoms with van der Waals surface area (Å²) in [5.41, 5.74) is 0.484. The molecule has 5 nitrogen and oxygen atoms in total. The number of Topliss-reactive ketones (excluding diaryl/α,β-unsaturated/α-hetero) is 1. The lowest BCUT2D eigenvalue weighted by Gasteiger charge is -2.13. The van der Waals surface area contributed by atoms with Crippen LogP contribution in [0.1, 0.15) is 23.2 Å². The van der Waals surface area contributed by atoms with E-state index in [0.29, 0.717) is 10.6 Å². The molecular formula is C13H14ClNO4. The number of aliphatic carboxylic acids is 1. The van der Waals surface area contributed by atoms with E-state index in [1.807, 2.05) is 0 Å². The first-order valence-electron chi connectivity index (χ1n) is 5.64. The van der Waals surface area contributed by atoms with Crippen LogP contribution in [-0.4, -0.2) is 41.3 Å². The van der Waals surface area contributed by atoms with E-state index in [2.05, 4.69) is 0 Å². The van der Waals surface area contributed by atoms with Crippen molar-refractivity contribution in [2.45, 2.75) is 12.8 Å². The van der Waals surface area contributed by atoms with Crippen molar-refractivity contribution in [3.8, 4) is 0 Å². The zero-order valence-electron chi connectivity index (χ0n) is 10.4. The fourth-order valence-electron chi connectivity index (χ4n) is 1.48. The van der Waals surface area contributed by atoms with Crippen molar-refractivity contribution < 1.29 is 19.5 Å². The molecule has 6 heteroatoms. The van der Waals surface area contributed by atoms with Gasteiger partial charge in [0.25, 0.3) is 0 Å². The number of hydrogen-bond donors (Lipinski definition) is 1. The van der Waals surface area contributed by atoms with Crippen LogP contribution >= 0.6 is 11.6 Å². The van der Waals surface area contributed by atoms with Crippen LogP contribution in [0, 0.1) is 0 Å². The summed E-state index contributed by atoms with van der Waals surface area (Å²) in [4.78, 5) is 34.8. The Kier molecular flexibility index (Phi) is 5.51. The number of carboxylic acids is 1. The van der Waals surface area contributed by atoms with Gasteiger partial charge in [-0.2, -0.15) is 0 Å². The molecule has 0 atom stereocenters. The van der Waals surface area contributed by atoms with E-state index in [1.54, 1.807) is 24.3 Å². The van der Waals surface area contributed by atoms with Gasteiger partial charge in [-0.15, -0.1) is 0 Å². The SMILES string of the molecule is CN(CC(=O)O)C(=O)CCC(=O)c1ccc(Cl)cc1. The Morgan fingerprint density at radius 3 is 2.26 bits per heavy atom. The number of rotatable bonds is 6. The van der Waals surface area contributed by atoms with E-state index in [9.17, 15) is 14.4 Å². The quantitative estimate of drug-likeness (QED) is 0.809. The van der Waals surface area contributed by atoms with Crippen LogP contribution in [0.15, 0.2) is 24.3 Å². The van der Waals surface area contributed by atoms with Gasteiger partial charge in [-0.1, -0.05) is 11.6 Å². The standard InChI is InChI=1S/C13H14ClNO4/c1-15(8-13(18)19)12(17)7-6-11(16)9-2-4-10(14)5-3-9/h2-5H,6-8H2,1H3,(H,18,19). The lowest BCUT2D eigenvalue weighted by Crippen LogP contribution is -2.32. The summed E-state index contributed by atoms with van der Waals surface area (Å²) in [6, 6.07) is 6.40. The Labute approximate surface area is 115 Å². The molecule has 0 heterocycles. The predicted octanol–water partition coefficient (Wildman–Crippen LogP) is 1.85. The predicted molar refractivity (Wildman–Crippen MR) is 70.3 cm³/mol. The Hall–Kier alpha value is -1.88. The first-order valence-corrected chi connectivity index (χ1v) is 6.02. The van der Waals surface area contributed by atoms with E-state index >= 15 is 0 Å². The lowest BCUT2D eigenvalue weighted by molar-refractivity contribution is -0.143. The number of nitrogens with zero attached hydrogens (tertiary/aromatic N) is 1. The Balaban J connectivity index is 2.48. The van der Waals surface area contributed by atoms with Gasteiger partial charge in [-0.25, -0.2) is 0 Å². The molecule has 0 saturated carbocycles. The summed E-state index contributed by atoms with van der Waals surface area (Å²) in [6.45, 7) is -0.367. The van der Waals surface area contributed by atoms with Crippen molar-refractivity contribution in [2.24, 2.45) is 0 Å².